The van der Waals surface area contributed by atoms with Crippen molar-refractivity contribution in [3.8, 4) is 22.6 Å². The number of nitrogens with zero attached hydrogens (tertiary/aromatic N) is 5. The fourth-order valence-corrected chi connectivity index (χ4v) is 3.22. The van der Waals surface area contributed by atoms with Crippen LogP contribution in [0.1, 0.15) is 10.4 Å². The molecule has 0 aliphatic heterocycles. The summed E-state index contributed by atoms with van der Waals surface area (Å²) in [5.74, 6) is -0.486. The fourth-order valence-electron chi connectivity index (χ4n) is 3.22. The predicted molar refractivity (Wildman–Crippen MR) is 114 cm³/mol. The van der Waals surface area contributed by atoms with Gasteiger partial charge in [-0.2, -0.15) is 9.61 Å². The number of carbonyl (C=O) groups is 1. The van der Waals surface area contributed by atoms with E-state index in [4.69, 9.17) is 0 Å². The van der Waals surface area contributed by atoms with Gasteiger partial charge in [0, 0.05) is 29.2 Å². The van der Waals surface area contributed by atoms with Crippen molar-refractivity contribution in [3.05, 3.63) is 96.6 Å². The highest BCUT2D eigenvalue weighted by Gasteiger charge is 2.13. The molecule has 1 N–H and O–H groups in total. The molecular formula is C23H15FN6O. The predicted octanol–water partition coefficient (Wildman–Crippen LogP) is 4.24. The number of hydrogen-bond acceptors (Lipinski definition) is 5. The zero-order valence-corrected chi connectivity index (χ0v) is 16.1. The van der Waals surface area contributed by atoms with Crippen LogP contribution >= 0.6 is 0 Å². The smallest absolute Gasteiger partial charge is 0.258 e. The molecule has 0 unspecified atom stereocenters. The first-order valence-electron chi connectivity index (χ1n) is 9.48. The Kier molecular flexibility index (Phi) is 4.64. The molecule has 5 aromatic rings. The van der Waals surface area contributed by atoms with E-state index in [1.54, 1.807) is 47.2 Å². The zero-order chi connectivity index (χ0) is 21.2. The SMILES string of the molecule is O=C(Nc1cccc(-c2ccc3nnc(-c4ccncc4)n3n2)c1)c1ccccc1F. The highest BCUT2D eigenvalue weighted by molar-refractivity contribution is 6.04. The van der Waals surface area contributed by atoms with Gasteiger partial charge >= 0.3 is 0 Å². The third kappa shape index (κ3) is 3.62. The van der Waals surface area contributed by atoms with Crippen LogP contribution in [0.5, 0.6) is 0 Å². The van der Waals surface area contributed by atoms with Gasteiger partial charge in [-0.3, -0.25) is 9.78 Å². The minimum atomic E-state index is -0.570. The number of halogens is 1. The van der Waals surface area contributed by atoms with Crippen LogP contribution in [0, 0.1) is 5.82 Å². The highest BCUT2D eigenvalue weighted by Crippen LogP contribution is 2.23. The molecule has 0 aliphatic rings. The van der Waals surface area contributed by atoms with Crippen LogP contribution in [0.15, 0.2) is 85.2 Å². The first-order valence-corrected chi connectivity index (χ1v) is 9.48. The van der Waals surface area contributed by atoms with Gasteiger partial charge in [0.05, 0.1) is 11.3 Å². The Morgan fingerprint density at radius 1 is 0.871 bits per heavy atom. The van der Waals surface area contributed by atoms with E-state index in [9.17, 15) is 9.18 Å². The second kappa shape index (κ2) is 7.75. The maximum atomic E-state index is 13.9. The first kappa shape index (κ1) is 18.6. The van der Waals surface area contributed by atoms with Crippen LogP contribution in [0.25, 0.3) is 28.3 Å². The number of amides is 1. The van der Waals surface area contributed by atoms with Crippen LogP contribution in [-0.2, 0) is 0 Å². The minimum Gasteiger partial charge on any atom is -0.322 e. The third-order valence-corrected chi connectivity index (χ3v) is 4.74. The molecule has 3 aromatic heterocycles. The molecule has 0 spiro atoms. The fraction of sp³-hybridized carbons (Fsp3) is 0. The van der Waals surface area contributed by atoms with Gasteiger partial charge in [0.2, 0.25) is 0 Å². The summed E-state index contributed by atoms with van der Waals surface area (Å²) >= 11 is 0. The molecular weight excluding hydrogens is 395 g/mol. The molecule has 0 fully saturated rings. The van der Waals surface area contributed by atoms with Crippen molar-refractivity contribution in [1.82, 2.24) is 24.8 Å². The van der Waals surface area contributed by atoms with E-state index in [1.165, 1.54) is 12.1 Å². The van der Waals surface area contributed by atoms with E-state index in [2.05, 4.69) is 25.6 Å². The van der Waals surface area contributed by atoms with E-state index in [1.807, 2.05) is 30.3 Å². The number of fused-ring (bicyclic) bond motifs is 1. The number of anilines is 1. The van der Waals surface area contributed by atoms with Crippen LogP contribution in [0.3, 0.4) is 0 Å². The van der Waals surface area contributed by atoms with E-state index in [-0.39, 0.29) is 5.56 Å². The Hall–Kier alpha value is -4.46. The zero-order valence-electron chi connectivity index (χ0n) is 16.1. The lowest BCUT2D eigenvalue weighted by molar-refractivity contribution is 0.102. The molecule has 0 aliphatic carbocycles. The van der Waals surface area contributed by atoms with E-state index in [0.717, 1.165) is 11.1 Å². The molecule has 0 atom stereocenters. The van der Waals surface area contributed by atoms with Gasteiger partial charge in [-0.05, 0) is 48.5 Å². The summed E-state index contributed by atoms with van der Waals surface area (Å²) in [4.78, 5) is 16.5. The van der Waals surface area contributed by atoms with Crippen molar-refractivity contribution < 1.29 is 9.18 Å². The Morgan fingerprint density at radius 2 is 1.71 bits per heavy atom. The Labute approximate surface area is 176 Å². The van der Waals surface area contributed by atoms with Crippen LogP contribution in [0.2, 0.25) is 0 Å². The van der Waals surface area contributed by atoms with Gasteiger partial charge in [-0.1, -0.05) is 24.3 Å². The number of benzene rings is 2. The molecule has 7 nitrogen and oxygen atoms in total. The summed E-state index contributed by atoms with van der Waals surface area (Å²) in [7, 11) is 0. The Bertz CT molecular complexity index is 1400. The van der Waals surface area contributed by atoms with Gasteiger partial charge in [0.25, 0.3) is 5.91 Å². The maximum absolute atomic E-state index is 13.9. The van der Waals surface area contributed by atoms with Crippen molar-refractivity contribution in [3.63, 3.8) is 0 Å². The van der Waals surface area contributed by atoms with Gasteiger partial charge in [-0.25, -0.2) is 4.39 Å². The molecule has 2 aromatic carbocycles. The largest absolute Gasteiger partial charge is 0.322 e. The third-order valence-electron chi connectivity index (χ3n) is 4.74. The lowest BCUT2D eigenvalue weighted by Gasteiger charge is -2.08. The van der Waals surface area contributed by atoms with E-state index < -0.39 is 11.7 Å². The summed E-state index contributed by atoms with van der Waals surface area (Å²) < 4.78 is 15.6. The van der Waals surface area contributed by atoms with Crippen LogP contribution in [-0.4, -0.2) is 30.7 Å². The summed E-state index contributed by atoms with van der Waals surface area (Å²) in [5, 5.41) is 15.8. The Morgan fingerprint density at radius 3 is 2.55 bits per heavy atom. The highest BCUT2D eigenvalue weighted by atomic mass is 19.1. The van der Waals surface area contributed by atoms with Gasteiger partial charge in [-0.15, -0.1) is 10.2 Å². The molecule has 150 valence electrons. The second-order valence-corrected chi connectivity index (χ2v) is 6.76. The number of pyridine rings is 1. The number of hydrogen-bond donors (Lipinski definition) is 1. The lowest BCUT2D eigenvalue weighted by Crippen LogP contribution is -2.13. The monoisotopic (exact) mass is 410 g/mol. The first-order chi connectivity index (χ1) is 15.2. The van der Waals surface area contributed by atoms with Crippen molar-refractivity contribution in [2.24, 2.45) is 0 Å². The van der Waals surface area contributed by atoms with Gasteiger partial charge in [0.15, 0.2) is 11.5 Å². The Balaban J connectivity index is 1.48. The second-order valence-electron chi connectivity index (χ2n) is 6.76. The molecule has 1 amide bonds. The topological polar surface area (TPSA) is 85.1 Å². The molecule has 31 heavy (non-hydrogen) atoms. The van der Waals surface area contributed by atoms with Crippen molar-refractivity contribution in [1.29, 1.82) is 0 Å². The summed E-state index contributed by atoms with van der Waals surface area (Å²) in [6, 6.07) is 20.4. The van der Waals surface area contributed by atoms with Crippen molar-refractivity contribution in [2.45, 2.75) is 0 Å². The quantitative estimate of drug-likeness (QED) is 0.479. The number of nitrogens with one attached hydrogen (secondary N) is 1. The van der Waals surface area contributed by atoms with Crippen LogP contribution < -0.4 is 5.32 Å². The molecule has 0 saturated carbocycles. The molecule has 0 bridgehead atoms. The summed E-state index contributed by atoms with van der Waals surface area (Å²) in [6.07, 6.45) is 3.37. The number of rotatable bonds is 4. The average Bonchev–Trinajstić information content (AvgIpc) is 3.23. The molecule has 8 heteroatoms. The van der Waals surface area contributed by atoms with Crippen LogP contribution in [0.4, 0.5) is 10.1 Å². The minimum absolute atomic E-state index is 0.0149. The molecule has 3 heterocycles. The van der Waals surface area contributed by atoms with Gasteiger partial charge in [0.1, 0.15) is 5.82 Å². The van der Waals surface area contributed by atoms with Crippen molar-refractivity contribution in [2.75, 3.05) is 5.32 Å². The summed E-state index contributed by atoms with van der Waals surface area (Å²) in [6.45, 7) is 0. The van der Waals surface area contributed by atoms with Crippen molar-refractivity contribution >= 4 is 17.2 Å². The molecule has 5 rings (SSSR count). The maximum Gasteiger partial charge on any atom is 0.258 e. The van der Waals surface area contributed by atoms with E-state index in [0.29, 0.717) is 22.9 Å². The lowest BCUT2D eigenvalue weighted by atomic mass is 10.1. The number of aromatic nitrogens is 5. The van der Waals surface area contributed by atoms with Gasteiger partial charge < -0.3 is 5.32 Å². The normalized spacial score (nSPS) is 10.9. The average molecular weight is 410 g/mol. The van der Waals surface area contributed by atoms with E-state index >= 15 is 0 Å². The number of carbonyl (C=O) groups excluding carboxylic acids is 1. The molecule has 0 radical (unpaired) electrons. The standard InChI is InChI=1S/C23H15FN6O/c24-19-7-2-1-6-18(19)23(31)26-17-5-3-4-16(14-17)20-8-9-21-27-28-22(30(21)29-20)15-10-12-25-13-11-15/h1-14H,(H,26,31). The summed E-state index contributed by atoms with van der Waals surface area (Å²) in [5.41, 5.74) is 3.43. The molecule has 0 saturated heterocycles.